The zero-order valence-electron chi connectivity index (χ0n) is 22.3. The number of rotatable bonds is 12. The van der Waals surface area contributed by atoms with Gasteiger partial charge in [0, 0.05) is 13.1 Å². The summed E-state index contributed by atoms with van der Waals surface area (Å²) in [5, 5.41) is 2.76. The van der Waals surface area contributed by atoms with Gasteiger partial charge < -0.3 is 15.0 Å². The van der Waals surface area contributed by atoms with E-state index in [1.54, 1.807) is 69.5 Å². The lowest BCUT2D eigenvalue weighted by atomic mass is 10.1. The van der Waals surface area contributed by atoms with Gasteiger partial charge in [0.15, 0.2) is 0 Å². The highest BCUT2D eigenvalue weighted by molar-refractivity contribution is 7.92. The monoisotopic (exact) mass is 537 g/mol. The molecule has 38 heavy (non-hydrogen) atoms. The Morgan fingerprint density at radius 3 is 2.29 bits per heavy atom. The van der Waals surface area contributed by atoms with Crippen LogP contribution in [0.5, 0.6) is 5.75 Å². The Kier molecular flexibility index (Phi) is 9.90. The number of carbonyl (C=O) groups excluding carboxylic acids is 2. The zero-order valence-corrected chi connectivity index (χ0v) is 23.1. The molecule has 0 unspecified atom stereocenters. The van der Waals surface area contributed by atoms with Crippen LogP contribution in [0.2, 0.25) is 0 Å². The molecule has 0 heterocycles. The lowest BCUT2D eigenvalue weighted by Gasteiger charge is -2.32. The quantitative estimate of drug-likeness (QED) is 0.377. The largest absolute Gasteiger partial charge is 0.497 e. The van der Waals surface area contributed by atoms with Gasteiger partial charge in [-0.1, -0.05) is 55.5 Å². The molecule has 2 amide bonds. The number of benzene rings is 3. The normalized spacial score (nSPS) is 11.9. The lowest BCUT2D eigenvalue weighted by molar-refractivity contribution is -0.139. The summed E-state index contributed by atoms with van der Waals surface area (Å²) >= 11 is 0. The maximum Gasteiger partial charge on any atom is 0.264 e. The molecule has 3 rings (SSSR count). The van der Waals surface area contributed by atoms with E-state index >= 15 is 0 Å². The standard InChI is InChI=1S/C29H35N3O5S/c1-5-24-14-10-11-18-27(24)32(38(35,36)26-16-8-7-9-17-26)21-28(33)31(22(3)29(34)30-6-2)20-23-13-12-15-25(19-23)37-4/h7-19,22H,5-6,20-21H2,1-4H3,(H,30,34)/t22-/m1/s1. The van der Waals surface area contributed by atoms with Crippen LogP contribution in [0, 0.1) is 0 Å². The second kappa shape index (κ2) is 13.1. The molecule has 0 saturated heterocycles. The number of aryl methyl sites for hydroxylation is 1. The van der Waals surface area contributed by atoms with Crippen LogP contribution >= 0.6 is 0 Å². The first kappa shape index (κ1) is 28.7. The Balaban J connectivity index is 2.06. The van der Waals surface area contributed by atoms with Crippen molar-refractivity contribution in [2.75, 3.05) is 24.5 Å². The van der Waals surface area contributed by atoms with Crippen molar-refractivity contribution >= 4 is 27.5 Å². The second-order valence-electron chi connectivity index (χ2n) is 8.75. The lowest BCUT2D eigenvalue weighted by Crippen LogP contribution is -2.51. The molecule has 0 bridgehead atoms. The van der Waals surface area contributed by atoms with Crippen LogP contribution in [-0.4, -0.2) is 51.4 Å². The van der Waals surface area contributed by atoms with Crippen LogP contribution in [0.25, 0.3) is 0 Å². The average Bonchev–Trinajstić information content (AvgIpc) is 2.94. The summed E-state index contributed by atoms with van der Waals surface area (Å²) in [6.07, 6.45) is 0.577. The fraction of sp³-hybridized carbons (Fsp3) is 0.310. The molecule has 0 aliphatic carbocycles. The minimum Gasteiger partial charge on any atom is -0.497 e. The molecule has 1 N–H and O–H groups in total. The van der Waals surface area contributed by atoms with Crippen LogP contribution < -0.4 is 14.4 Å². The number of hydrogen-bond acceptors (Lipinski definition) is 5. The maximum absolute atomic E-state index is 13.9. The molecule has 3 aromatic rings. The maximum atomic E-state index is 13.9. The van der Waals surface area contributed by atoms with Crippen LogP contribution in [0.1, 0.15) is 31.9 Å². The predicted molar refractivity (Wildman–Crippen MR) is 148 cm³/mol. The number of anilines is 1. The highest BCUT2D eigenvalue weighted by atomic mass is 32.2. The third kappa shape index (κ3) is 6.72. The fourth-order valence-corrected chi connectivity index (χ4v) is 5.63. The van der Waals surface area contributed by atoms with Gasteiger partial charge in [0.1, 0.15) is 18.3 Å². The minimum absolute atomic E-state index is 0.0785. The molecule has 0 fully saturated rings. The van der Waals surface area contributed by atoms with E-state index in [-0.39, 0.29) is 17.3 Å². The number of amides is 2. The molecule has 0 saturated carbocycles. The second-order valence-corrected chi connectivity index (χ2v) is 10.6. The smallest absolute Gasteiger partial charge is 0.264 e. The number of likely N-dealkylation sites (N-methyl/N-ethyl adjacent to an activating group) is 1. The van der Waals surface area contributed by atoms with E-state index in [1.165, 1.54) is 17.0 Å². The Bertz CT molecular complexity index is 1350. The molecule has 0 aromatic heterocycles. The van der Waals surface area contributed by atoms with Gasteiger partial charge in [-0.15, -0.1) is 0 Å². The molecular formula is C29H35N3O5S. The van der Waals surface area contributed by atoms with E-state index in [2.05, 4.69) is 5.32 Å². The van der Waals surface area contributed by atoms with E-state index in [0.29, 0.717) is 24.4 Å². The number of sulfonamides is 1. The highest BCUT2D eigenvalue weighted by Crippen LogP contribution is 2.28. The first-order chi connectivity index (χ1) is 18.2. The van der Waals surface area contributed by atoms with Gasteiger partial charge in [-0.2, -0.15) is 0 Å². The molecule has 0 aliphatic heterocycles. The van der Waals surface area contributed by atoms with Crippen LogP contribution in [0.15, 0.2) is 83.8 Å². The number of methoxy groups -OCH3 is 1. The Morgan fingerprint density at radius 2 is 1.63 bits per heavy atom. The third-order valence-electron chi connectivity index (χ3n) is 6.26. The van der Waals surface area contributed by atoms with Crippen molar-refractivity contribution < 1.29 is 22.7 Å². The molecule has 8 nitrogen and oxygen atoms in total. The molecule has 1 atom stereocenters. The van der Waals surface area contributed by atoms with Crippen molar-refractivity contribution in [2.24, 2.45) is 0 Å². The molecule has 3 aromatic carbocycles. The van der Waals surface area contributed by atoms with Crippen molar-refractivity contribution in [3.05, 3.63) is 90.0 Å². The summed E-state index contributed by atoms with van der Waals surface area (Å²) in [5.74, 6) is -0.210. The van der Waals surface area contributed by atoms with Gasteiger partial charge in [-0.05, 0) is 61.7 Å². The molecule has 0 radical (unpaired) electrons. The van der Waals surface area contributed by atoms with Gasteiger partial charge in [0.2, 0.25) is 11.8 Å². The van der Waals surface area contributed by atoms with Crippen molar-refractivity contribution in [1.82, 2.24) is 10.2 Å². The summed E-state index contributed by atoms with van der Waals surface area (Å²) in [4.78, 5) is 28.2. The number of nitrogens with one attached hydrogen (secondary N) is 1. The topological polar surface area (TPSA) is 96.0 Å². The van der Waals surface area contributed by atoms with Gasteiger partial charge in [-0.25, -0.2) is 8.42 Å². The molecule has 0 spiro atoms. The van der Waals surface area contributed by atoms with E-state index in [0.717, 1.165) is 15.4 Å². The third-order valence-corrected chi connectivity index (χ3v) is 8.03. The summed E-state index contributed by atoms with van der Waals surface area (Å²) in [6, 6.07) is 21.5. The highest BCUT2D eigenvalue weighted by Gasteiger charge is 2.33. The van der Waals surface area contributed by atoms with Crippen LogP contribution in [0.4, 0.5) is 5.69 Å². The summed E-state index contributed by atoms with van der Waals surface area (Å²) < 4.78 is 34.2. The minimum atomic E-state index is -4.09. The van der Waals surface area contributed by atoms with Crippen LogP contribution in [0.3, 0.4) is 0 Å². The number of hydrogen-bond donors (Lipinski definition) is 1. The van der Waals surface area contributed by atoms with Gasteiger partial charge >= 0.3 is 0 Å². The SMILES string of the molecule is CCNC(=O)[C@@H](C)N(Cc1cccc(OC)c1)C(=O)CN(c1ccccc1CC)S(=O)(=O)c1ccccc1. The Labute approximate surface area is 225 Å². The van der Waals surface area contributed by atoms with Crippen molar-refractivity contribution in [3.8, 4) is 5.75 Å². The number of ether oxygens (including phenoxy) is 1. The van der Waals surface area contributed by atoms with E-state index in [9.17, 15) is 18.0 Å². The van der Waals surface area contributed by atoms with Crippen molar-refractivity contribution in [2.45, 2.75) is 44.7 Å². The number of carbonyl (C=O) groups is 2. The van der Waals surface area contributed by atoms with E-state index in [4.69, 9.17) is 4.74 Å². The summed E-state index contributed by atoms with van der Waals surface area (Å²) in [6.45, 7) is 5.40. The van der Waals surface area contributed by atoms with Gasteiger partial charge in [0.25, 0.3) is 10.0 Å². The zero-order chi connectivity index (χ0) is 27.7. The summed E-state index contributed by atoms with van der Waals surface area (Å²) in [7, 11) is -2.54. The van der Waals surface area contributed by atoms with Gasteiger partial charge in [0.05, 0.1) is 17.7 Å². The van der Waals surface area contributed by atoms with Crippen molar-refractivity contribution in [1.29, 1.82) is 0 Å². The molecule has 9 heteroatoms. The Hall–Kier alpha value is -3.85. The predicted octanol–water partition coefficient (Wildman–Crippen LogP) is 4.01. The fourth-order valence-electron chi connectivity index (χ4n) is 4.16. The first-order valence-electron chi connectivity index (χ1n) is 12.6. The molecule has 0 aliphatic rings. The van der Waals surface area contributed by atoms with E-state index in [1.807, 2.05) is 25.1 Å². The molecule has 202 valence electrons. The number of nitrogens with zero attached hydrogens (tertiary/aromatic N) is 2. The number of para-hydroxylation sites is 1. The molecular weight excluding hydrogens is 502 g/mol. The van der Waals surface area contributed by atoms with Gasteiger partial charge in [-0.3, -0.25) is 13.9 Å². The van der Waals surface area contributed by atoms with Crippen molar-refractivity contribution in [3.63, 3.8) is 0 Å². The van der Waals surface area contributed by atoms with E-state index < -0.39 is 28.5 Å². The summed E-state index contributed by atoms with van der Waals surface area (Å²) in [5.41, 5.74) is 1.97. The first-order valence-corrected chi connectivity index (χ1v) is 14.0. The average molecular weight is 538 g/mol. The van der Waals surface area contributed by atoms with Crippen LogP contribution in [-0.2, 0) is 32.6 Å². The Morgan fingerprint density at radius 1 is 0.947 bits per heavy atom.